The lowest BCUT2D eigenvalue weighted by Crippen LogP contribution is -2.26. The molecule has 0 saturated heterocycles. The normalized spacial score (nSPS) is 11.5. The zero-order chi connectivity index (χ0) is 12.2. The Hall–Kier alpha value is -0.820. The minimum Gasteiger partial charge on any atom is -0.355 e. The Labute approximate surface area is 98.6 Å². The van der Waals surface area contributed by atoms with Crippen molar-refractivity contribution in [2.75, 3.05) is 12.4 Å². The Morgan fingerprint density at radius 2 is 2.25 bits per heavy atom. The first-order valence-corrected chi connectivity index (χ1v) is 5.69. The number of halogens is 4. The topological polar surface area (TPSA) is 42.0 Å². The zero-order valence-electron chi connectivity index (χ0n) is 7.97. The molecule has 0 aliphatic heterocycles. The number of carbonyl (C=O) groups is 1. The first-order chi connectivity index (χ1) is 7.43. The van der Waals surface area contributed by atoms with Crippen LogP contribution in [-0.2, 0) is 17.4 Å². The summed E-state index contributed by atoms with van der Waals surface area (Å²) in [7, 11) is 0. The zero-order valence-corrected chi connectivity index (χ0v) is 9.55. The van der Waals surface area contributed by atoms with E-state index in [0.29, 0.717) is 5.01 Å². The third-order valence-electron chi connectivity index (χ3n) is 1.62. The van der Waals surface area contributed by atoms with E-state index in [4.69, 9.17) is 11.6 Å². The first kappa shape index (κ1) is 13.2. The molecule has 16 heavy (non-hydrogen) atoms. The number of amides is 1. The smallest absolute Gasteiger partial charge is 0.355 e. The van der Waals surface area contributed by atoms with Gasteiger partial charge in [-0.05, 0) is 0 Å². The largest absolute Gasteiger partial charge is 0.434 e. The number of hydrogen-bond donors (Lipinski definition) is 1. The van der Waals surface area contributed by atoms with Crippen molar-refractivity contribution in [3.63, 3.8) is 0 Å². The Balaban J connectivity index is 2.44. The maximum atomic E-state index is 12.2. The highest BCUT2D eigenvalue weighted by molar-refractivity contribution is 7.09. The number of rotatable bonds is 4. The number of nitrogens with zero attached hydrogens (tertiary/aromatic N) is 1. The van der Waals surface area contributed by atoms with Crippen LogP contribution in [-0.4, -0.2) is 23.3 Å². The molecule has 8 heteroatoms. The average molecular weight is 273 g/mol. The molecule has 1 aromatic rings. The highest BCUT2D eigenvalue weighted by Gasteiger charge is 2.33. The van der Waals surface area contributed by atoms with Gasteiger partial charge < -0.3 is 5.32 Å². The summed E-state index contributed by atoms with van der Waals surface area (Å²) in [4.78, 5) is 14.1. The van der Waals surface area contributed by atoms with Crippen LogP contribution in [0.2, 0.25) is 0 Å². The van der Waals surface area contributed by atoms with E-state index in [2.05, 4.69) is 10.3 Å². The molecule has 0 aliphatic rings. The second-order valence-corrected chi connectivity index (χ2v) is 4.07. The maximum absolute atomic E-state index is 12.2. The van der Waals surface area contributed by atoms with Gasteiger partial charge in [-0.25, -0.2) is 4.98 Å². The first-order valence-electron chi connectivity index (χ1n) is 4.27. The van der Waals surface area contributed by atoms with Gasteiger partial charge in [-0.2, -0.15) is 13.2 Å². The third-order valence-corrected chi connectivity index (χ3v) is 2.78. The van der Waals surface area contributed by atoms with Crippen molar-refractivity contribution in [3.05, 3.63) is 16.1 Å². The Morgan fingerprint density at radius 1 is 1.56 bits per heavy atom. The molecular formula is C8H8ClF3N2OS. The van der Waals surface area contributed by atoms with Crippen molar-refractivity contribution in [1.82, 2.24) is 10.3 Å². The lowest BCUT2D eigenvalue weighted by molar-refractivity contribution is -0.140. The second-order valence-electron chi connectivity index (χ2n) is 2.86. The standard InChI is InChI=1S/C8H8ClF3N2OS/c9-3-6(15)13-2-1-7-14-5(4-16-7)8(10,11)12/h4H,1-3H2,(H,13,15). The van der Waals surface area contributed by atoms with E-state index in [0.717, 1.165) is 16.7 Å². The van der Waals surface area contributed by atoms with Gasteiger partial charge in [-0.1, -0.05) is 0 Å². The van der Waals surface area contributed by atoms with E-state index >= 15 is 0 Å². The molecule has 1 amide bonds. The van der Waals surface area contributed by atoms with Gasteiger partial charge in [0.15, 0.2) is 5.69 Å². The molecule has 1 N–H and O–H groups in total. The molecule has 1 aromatic heterocycles. The van der Waals surface area contributed by atoms with Gasteiger partial charge in [-0.3, -0.25) is 4.79 Å². The van der Waals surface area contributed by atoms with Crippen molar-refractivity contribution in [2.24, 2.45) is 0 Å². The molecule has 0 saturated carbocycles. The molecule has 0 atom stereocenters. The van der Waals surface area contributed by atoms with Gasteiger partial charge in [0, 0.05) is 18.3 Å². The summed E-state index contributed by atoms with van der Waals surface area (Å²) in [6.07, 6.45) is -4.14. The molecular weight excluding hydrogens is 265 g/mol. The van der Waals surface area contributed by atoms with Gasteiger partial charge in [0.05, 0.1) is 5.01 Å². The SMILES string of the molecule is O=C(CCl)NCCc1nc(C(F)(F)F)cs1. The summed E-state index contributed by atoms with van der Waals surface area (Å²) < 4.78 is 36.5. The highest BCUT2D eigenvalue weighted by Crippen LogP contribution is 2.29. The van der Waals surface area contributed by atoms with Crippen LogP contribution in [0.4, 0.5) is 13.2 Å². The van der Waals surface area contributed by atoms with Gasteiger partial charge in [0.2, 0.25) is 5.91 Å². The second kappa shape index (κ2) is 5.49. The van der Waals surface area contributed by atoms with E-state index in [9.17, 15) is 18.0 Å². The minimum atomic E-state index is -4.41. The molecule has 0 spiro atoms. The molecule has 0 aliphatic carbocycles. The fourth-order valence-corrected chi connectivity index (χ4v) is 1.81. The number of thiazole rings is 1. The summed E-state index contributed by atoms with van der Waals surface area (Å²) in [5.41, 5.74) is -0.892. The van der Waals surface area contributed by atoms with Crippen LogP contribution in [0, 0.1) is 0 Å². The van der Waals surface area contributed by atoms with Gasteiger partial charge >= 0.3 is 6.18 Å². The summed E-state index contributed by atoms with van der Waals surface area (Å²) in [6.45, 7) is 0.233. The summed E-state index contributed by atoms with van der Waals surface area (Å²) in [6, 6.07) is 0. The maximum Gasteiger partial charge on any atom is 0.434 e. The summed E-state index contributed by atoms with van der Waals surface area (Å²) >= 11 is 6.14. The van der Waals surface area contributed by atoms with E-state index < -0.39 is 11.9 Å². The minimum absolute atomic E-state index is 0.161. The molecule has 3 nitrogen and oxygen atoms in total. The van der Waals surface area contributed by atoms with Crippen LogP contribution in [0.1, 0.15) is 10.7 Å². The molecule has 0 unspecified atom stereocenters. The fraction of sp³-hybridized carbons (Fsp3) is 0.500. The number of nitrogens with one attached hydrogen (secondary N) is 1. The molecule has 0 radical (unpaired) electrons. The fourth-order valence-electron chi connectivity index (χ4n) is 0.912. The van der Waals surface area contributed by atoms with Crippen LogP contribution in [0.5, 0.6) is 0 Å². The van der Waals surface area contributed by atoms with Crippen LogP contribution in [0.3, 0.4) is 0 Å². The van der Waals surface area contributed by atoms with Crippen LogP contribution < -0.4 is 5.32 Å². The Bertz CT molecular complexity index is 366. The predicted octanol–water partition coefficient (Wildman–Crippen LogP) is 2.06. The predicted molar refractivity (Wildman–Crippen MR) is 54.5 cm³/mol. The van der Waals surface area contributed by atoms with Gasteiger partial charge in [-0.15, -0.1) is 22.9 Å². The third kappa shape index (κ3) is 3.97. The van der Waals surface area contributed by atoms with Crippen molar-refractivity contribution >= 4 is 28.8 Å². The highest BCUT2D eigenvalue weighted by atomic mass is 35.5. The van der Waals surface area contributed by atoms with E-state index in [1.54, 1.807) is 0 Å². The van der Waals surface area contributed by atoms with Crippen molar-refractivity contribution in [2.45, 2.75) is 12.6 Å². The molecule has 1 heterocycles. The van der Waals surface area contributed by atoms with Crippen molar-refractivity contribution < 1.29 is 18.0 Å². The van der Waals surface area contributed by atoms with E-state index in [1.807, 2.05) is 0 Å². The summed E-state index contributed by atoms with van der Waals surface area (Å²) in [5.74, 6) is -0.514. The Kier molecular flexibility index (Phi) is 4.55. The number of aromatic nitrogens is 1. The van der Waals surface area contributed by atoms with Crippen molar-refractivity contribution in [3.8, 4) is 0 Å². The average Bonchev–Trinajstić information content (AvgIpc) is 2.65. The van der Waals surface area contributed by atoms with E-state index in [1.165, 1.54) is 0 Å². The molecule has 0 aromatic carbocycles. The lowest BCUT2D eigenvalue weighted by Gasteiger charge is -2.01. The van der Waals surface area contributed by atoms with Gasteiger partial charge in [0.25, 0.3) is 0 Å². The lowest BCUT2D eigenvalue weighted by atomic mass is 10.4. The quantitative estimate of drug-likeness (QED) is 0.853. The Morgan fingerprint density at radius 3 is 2.75 bits per heavy atom. The van der Waals surface area contributed by atoms with Crippen molar-refractivity contribution in [1.29, 1.82) is 0 Å². The van der Waals surface area contributed by atoms with Crippen LogP contribution in [0.15, 0.2) is 5.38 Å². The monoisotopic (exact) mass is 272 g/mol. The van der Waals surface area contributed by atoms with Crippen LogP contribution >= 0.6 is 22.9 Å². The molecule has 0 fully saturated rings. The van der Waals surface area contributed by atoms with Crippen LogP contribution in [0.25, 0.3) is 0 Å². The number of alkyl halides is 4. The number of hydrogen-bond acceptors (Lipinski definition) is 3. The van der Waals surface area contributed by atoms with Gasteiger partial charge in [0.1, 0.15) is 5.88 Å². The van der Waals surface area contributed by atoms with E-state index in [-0.39, 0.29) is 24.8 Å². The molecule has 1 rings (SSSR count). The molecule has 0 bridgehead atoms. The summed E-state index contributed by atoms with van der Waals surface area (Å²) in [5, 5.41) is 3.74. The number of carbonyl (C=O) groups excluding carboxylic acids is 1. The molecule has 90 valence electrons.